The Morgan fingerprint density at radius 1 is 0.975 bits per heavy atom. The Morgan fingerprint density at radius 2 is 1.82 bits per heavy atom. The summed E-state index contributed by atoms with van der Waals surface area (Å²) in [6.07, 6.45) is 7.15. The number of nitrogens with one attached hydrogen (secondary N) is 1. The first-order valence-electron chi connectivity index (χ1n) is 13.8. The first kappa shape index (κ1) is 26.2. The van der Waals surface area contributed by atoms with Crippen LogP contribution in [0.2, 0.25) is 5.02 Å². The molecule has 0 amide bonds. The number of hydrogen-bond acceptors (Lipinski definition) is 5. The zero-order chi connectivity index (χ0) is 27.3. The standard InChI is InChI=1S/C32H31ClN6O/c33-28-11-14-31(38-22-35-36-37-38)30(20-28)27-10-13-32(39(40)21-27)29(12-9-23-5-2-1-3-6-23)26-8-4-7-25(19-26)24-15-17-34-18-16-24/h1-8,10-11,13-14,19-22,24,29,34H,9,12,15-18H2/t29-/m0/s1. The molecule has 0 spiro atoms. The molecule has 7 nitrogen and oxygen atoms in total. The highest BCUT2D eigenvalue weighted by molar-refractivity contribution is 6.31. The fourth-order valence-corrected chi connectivity index (χ4v) is 5.93. The van der Waals surface area contributed by atoms with Crippen LogP contribution in [0.3, 0.4) is 0 Å². The number of aromatic nitrogens is 5. The van der Waals surface area contributed by atoms with Crippen molar-refractivity contribution in [2.45, 2.75) is 37.5 Å². The molecule has 3 aromatic carbocycles. The van der Waals surface area contributed by atoms with Gasteiger partial charge in [0, 0.05) is 22.2 Å². The van der Waals surface area contributed by atoms with Crippen molar-refractivity contribution in [3.05, 3.63) is 130 Å². The molecular weight excluding hydrogens is 520 g/mol. The van der Waals surface area contributed by atoms with E-state index in [0.29, 0.717) is 10.9 Å². The zero-order valence-electron chi connectivity index (χ0n) is 22.2. The van der Waals surface area contributed by atoms with Gasteiger partial charge >= 0.3 is 0 Å². The van der Waals surface area contributed by atoms with Crippen LogP contribution in [0.5, 0.6) is 0 Å². The molecule has 1 aliphatic heterocycles. The molecule has 1 N–H and O–H groups in total. The van der Waals surface area contributed by atoms with Crippen LogP contribution in [0.15, 0.2) is 97.5 Å². The molecule has 0 unspecified atom stereocenters. The van der Waals surface area contributed by atoms with Crippen molar-refractivity contribution in [3.63, 3.8) is 0 Å². The summed E-state index contributed by atoms with van der Waals surface area (Å²) in [4.78, 5) is 0. The molecule has 1 saturated heterocycles. The van der Waals surface area contributed by atoms with Crippen LogP contribution in [0, 0.1) is 5.21 Å². The highest BCUT2D eigenvalue weighted by Crippen LogP contribution is 2.34. The van der Waals surface area contributed by atoms with Gasteiger partial charge in [-0.2, -0.15) is 9.41 Å². The topological polar surface area (TPSA) is 82.6 Å². The molecule has 202 valence electrons. The van der Waals surface area contributed by atoms with E-state index >= 15 is 0 Å². The molecule has 0 saturated carbocycles. The van der Waals surface area contributed by atoms with Crippen molar-refractivity contribution in [3.8, 4) is 16.8 Å². The van der Waals surface area contributed by atoms with E-state index in [2.05, 4.69) is 69.4 Å². The quantitative estimate of drug-likeness (QED) is 0.194. The number of pyridine rings is 1. The van der Waals surface area contributed by atoms with Crippen molar-refractivity contribution in [2.24, 2.45) is 0 Å². The van der Waals surface area contributed by atoms with E-state index < -0.39 is 0 Å². The normalized spacial score (nSPS) is 14.7. The number of aryl methyl sites for hydroxylation is 1. The molecule has 2 aromatic heterocycles. The summed E-state index contributed by atoms with van der Waals surface area (Å²) in [6.45, 7) is 2.09. The number of rotatable bonds is 8. The van der Waals surface area contributed by atoms with Gasteiger partial charge in [-0.05, 0) is 96.1 Å². The Labute approximate surface area is 239 Å². The molecule has 5 aromatic rings. The smallest absolute Gasteiger partial charge is 0.200 e. The number of piperidine rings is 1. The summed E-state index contributed by atoms with van der Waals surface area (Å²) < 4.78 is 2.59. The van der Waals surface area contributed by atoms with Crippen LogP contribution in [-0.2, 0) is 6.42 Å². The molecule has 1 aliphatic rings. The Morgan fingerprint density at radius 3 is 2.60 bits per heavy atom. The molecule has 6 rings (SSSR count). The maximum Gasteiger partial charge on any atom is 0.200 e. The highest BCUT2D eigenvalue weighted by atomic mass is 35.5. The lowest BCUT2D eigenvalue weighted by Crippen LogP contribution is -2.34. The number of benzene rings is 3. The molecule has 0 radical (unpaired) electrons. The second kappa shape index (κ2) is 12.0. The fraction of sp³-hybridized carbons (Fsp3) is 0.250. The van der Waals surface area contributed by atoms with Gasteiger partial charge in [-0.3, -0.25) is 0 Å². The minimum atomic E-state index is -0.0493. The SMILES string of the molecule is [O-][n+]1cc(-c2cc(Cl)ccc2-n2cnnn2)ccc1[C@@H](CCc1ccccc1)c1cccc(C2CCNCC2)c1. The van der Waals surface area contributed by atoms with Crippen molar-refractivity contribution in [1.29, 1.82) is 0 Å². The van der Waals surface area contributed by atoms with E-state index in [1.807, 2.05) is 30.3 Å². The predicted molar refractivity (Wildman–Crippen MR) is 156 cm³/mol. The molecule has 0 bridgehead atoms. The van der Waals surface area contributed by atoms with Crippen molar-refractivity contribution in [1.82, 2.24) is 25.5 Å². The van der Waals surface area contributed by atoms with E-state index in [1.165, 1.54) is 23.0 Å². The van der Waals surface area contributed by atoms with E-state index in [9.17, 15) is 5.21 Å². The van der Waals surface area contributed by atoms with Crippen molar-refractivity contribution in [2.75, 3.05) is 13.1 Å². The largest absolute Gasteiger partial charge is 0.618 e. The third kappa shape index (κ3) is 5.76. The van der Waals surface area contributed by atoms with E-state index in [-0.39, 0.29) is 5.92 Å². The average Bonchev–Trinajstić information content (AvgIpc) is 3.54. The molecule has 1 fully saturated rings. The molecule has 1 atom stereocenters. The molecular formula is C32H31ClN6O. The highest BCUT2D eigenvalue weighted by Gasteiger charge is 2.25. The van der Waals surface area contributed by atoms with Gasteiger partial charge in [0.2, 0.25) is 0 Å². The van der Waals surface area contributed by atoms with Gasteiger partial charge in [0.1, 0.15) is 6.33 Å². The first-order chi connectivity index (χ1) is 19.7. The lowest BCUT2D eigenvalue weighted by Gasteiger charge is -2.24. The summed E-state index contributed by atoms with van der Waals surface area (Å²) in [5.41, 5.74) is 6.82. The van der Waals surface area contributed by atoms with Gasteiger partial charge in [-0.25, -0.2) is 0 Å². The van der Waals surface area contributed by atoms with Crippen LogP contribution in [0.4, 0.5) is 0 Å². The summed E-state index contributed by atoms with van der Waals surface area (Å²) in [5, 5.41) is 29.3. The Balaban J connectivity index is 1.37. The molecule has 40 heavy (non-hydrogen) atoms. The van der Waals surface area contributed by atoms with Crippen LogP contribution in [-0.4, -0.2) is 33.3 Å². The van der Waals surface area contributed by atoms with Crippen LogP contribution in [0.25, 0.3) is 16.8 Å². The maximum absolute atomic E-state index is 13.7. The lowest BCUT2D eigenvalue weighted by molar-refractivity contribution is -0.614. The van der Waals surface area contributed by atoms with E-state index in [0.717, 1.165) is 66.0 Å². The predicted octanol–water partition coefficient (Wildman–Crippen LogP) is 5.85. The fourth-order valence-electron chi connectivity index (χ4n) is 5.76. The van der Waals surface area contributed by atoms with Crippen LogP contribution in [0.1, 0.15) is 53.5 Å². The van der Waals surface area contributed by atoms with E-state index in [4.69, 9.17) is 11.6 Å². The number of tetrazole rings is 1. The maximum atomic E-state index is 13.7. The van der Waals surface area contributed by atoms with Gasteiger partial charge in [0.25, 0.3) is 0 Å². The van der Waals surface area contributed by atoms with Gasteiger partial charge < -0.3 is 10.5 Å². The third-order valence-electron chi connectivity index (χ3n) is 7.86. The minimum Gasteiger partial charge on any atom is -0.618 e. The zero-order valence-corrected chi connectivity index (χ0v) is 22.9. The lowest BCUT2D eigenvalue weighted by atomic mass is 9.84. The Hall–Kier alpha value is -4.07. The number of hydrogen-bond donors (Lipinski definition) is 1. The molecule has 8 heteroatoms. The summed E-state index contributed by atoms with van der Waals surface area (Å²) >= 11 is 6.36. The summed E-state index contributed by atoms with van der Waals surface area (Å²) in [5.74, 6) is 0.497. The van der Waals surface area contributed by atoms with Gasteiger partial charge in [0.15, 0.2) is 11.9 Å². The number of halogens is 1. The first-order valence-corrected chi connectivity index (χ1v) is 14.1. The van der Waals surface area contributed by atoms with Crippen molar-refractivity contribution < 1.29 is 4.73 Å². The van der Waals surface area contributed by atoms with Gasteiger partial charge in [-0.1, -0.05) is 66.2 Å². The average molecular weight is 551 g/mol. The van der Waals surface area contributed by atoms with Gasteiger partial charge in [0.05, 0.1) is 11.6 Å². The monoisotopic (exact) mass is 550 g/mol. The minimum absolute atomic E-state index is 0.0493. The van der Waals surface area contributed by atoms with Crippen molar-refractivity contribution >= 4 is 11.6 Å². The summed E-state index contributed by atoms with van der Waals surface area (Å²) in [6, 6.07) is 28.8. The van der Waals surface area contributed by atoms with Gasteiger partial charge in [-0.15, -0.1) is 5.10 Å². The number of nitrogens with zero attached hydrogens (tertiary/aromatic N) is 5. The van der Waals surface area contributed by atoms with E-state index in [1.54, 1.807) is 16.9 Å². The second-order valence-corrected chi connectivity index (χ2v) is 10.8. The summed E-state index contributed by atoms with van der Waals surface area (Å²) in [7, 11) is 0. The van der Waals surface area contributed by atoms with Crippen LogP contribution >= 0.6 is 11.6 Å². The molecule has 0 aliphatic carbocycles. The Kier molecular flexibility index (Phi) is 7.84. The Bertz CT molecular complexity index is 1570. The molecule has 3 heterocycles. The second-order valence-electron chi connectivity index (χ2n) is 10.4. The van der Waals surface area contributed by atoms with Crippen LogP contribution < -0.4 is 10.0 Å². The third-order valence-corrected chi connectivity index (χ3v) is 8.09.